The van der Waals surface area contributed by atoms with E-state index in [2.05, 4.69) is 50.7 Å². The number of piperazine rings is 1. The molecule has 2 aliphatic rings. The predicted octanol–water partition coefficient (Wildman–Crippen LogP) is 5.61. The van der Waals surface area contributed by atoms with E-state index in [-0.39, 0.29) is 5.91 Å². The van der Waals surface area contributed by atoms with Crippen LogP contribution in [0.5, 0.6) is 0 Å². The van der Waals surface area contributed by atoms with Crippen molar-refractivity contribution in [1.29, 1.82) is 0 Å². The highest BCUT2D eigenvalue weighted by Gasteiger charge is 2.22. The molecule has 6 rings (SSSR count). The van der Waals surface area contributed by atoms with Gasteiger partial charge in [0.05, 0.1) is 12.1 Å². The number of halogens is 2. The van der Waals surface area contributed by atoms with Crippen LogP contribution in [0, 0.1) is 11.6 Å². The number of fused-ring (bicyclic) bond motifs is 1. The van der Waals surface area contributed by atoms with Gasteiger partial charge >= 0.3 is 0 Å². The molecule has 0 atom stereocenters. The summed E-state index contributed by atoms with van der Waals surface area (Å²) in [5, 5.41) is 6.52. The molecule has 1 fully saturated rings. The number of amidine groups is 1. The number of likely N-dealkylation sites (N-methyl/N-ethyl adjacent to an activating group) is 1. The van der Waals surface area contributed by atoms with Crippen molar-refractivity contribution in [3.05, 3.63) is 130 Å². The fourth-order valence-corrected chi connectivity index (χ4v) is 5.50. The Morgan fingerprint density at radius 1 is 0.833 bits per heavy atom. The molecule has 4 aromatic carbocycles. The van der Waals surface area contributed by atoms with E-state index >= 15 is 0 Å². The van der Waals surface area contributed by atoms with Gasteiger partial charge in [0.1, 0.15) is 17.5 Å². The Labute approximate surface area is 244 Å². The molecule has 0 saturated carbocycles. The van der Waals surface area contributed by atoms with E-state index < -0.39 is 11.6 Å². The normalized spacial score (nSPS) is 14.8. The first-order valence-electron chi connectivity index (χ1n) is 14.2. The number of hydrogen-bond donors (Lipinski definition) is 2. The molecule has 0 unspecified atom stereocenters. The van der Waals surface area contributed by atoms with E-state index in [0.717, 1.165) is 65.9 Å². The standard InChI is InChI=1S/C34H33F2N5O/c1-40-11-13-41(14-12-40)29-9-10-30(32(20-29)37-21-23-5-3-2-4-6-23)34(42)39-33-31-18-24(7-8-26(31)22-38-33)15-25-16-27(35)19-28(36)17-25/h2-10,16-20,37H,11-15,21-22H2,1H3,(H,38,39,42). The lowest BCUT2D eigenvalue weighted by Gasteiger charge is -2.34. The van der Waals surface area contributed by atoms with Gasteiger partial charge in [0, 0.05) is 55.7 Å². The zero-order valence-electron chi connectivity index (χ0n) is 23.5. The molecule has 0 radical (unpaired) electrons. The highest BCUT2D eigenvalue weighted by Crippen LogP contribution is 2.27. The zero-order valence-corrected chi connectivity index (χ0v) is 23.5. The Kier molecular flexibility index (Phi) is 7.97. The van der Waals surface area contributed by atoms with Gasteiger partial charge in [-0.3, -0.25) is 9.79 Å². The third kappa shape index (κ3) is 6.34. The Morgan fingerprint density at radius 2 is 1.60 bits per heavy atom. The van der Waals surface area contributed by atoms with Crippen LogP contribution in [0.4, 0.5) is 20.2 Å². The van der Waals surface area contributed by atoms with Crippen LogP contribution in [-0.4, -0.2) is 49.9 Å². The number of benzene rings is 4. The fourth-order valence-electron chi connectivity index (χ4n) is 5.50. The average molecular weight is 566 g/mol. The first kappa shape index (κ1) is 27.6. The molecule has 2 N–H and O–H groups in total. The number of nitrogens with one attached hydrogen (secondary N) is 2. The summed E-state index contributed by atoms with van der Waals surface area (Å²) in [5.41, 5.74) is 6.73. The zero-order chi connectivity index (χ0) is 29.1. The van der Waals surface area contributed by atoms with Crippen LogP contribution in [0.25, 0.3) is 0 Å². The third-order valence-corrected chi connectivity index (χ3v) is 7.84. The van der Waals surface area contributed by atoms with Crippen molar-refractivity contribution >= 4 is 23.1 Å². The largest absolute Gasteiger partial charge is 0.380 e. The Bertz CT molecular complexity index is 1610. The maximum absolute atomic E-state index is 13.7. The molecule has 0 aliphatic carbocycles. The minimum absolute atomic E-state index is 0.250. The number of carbonyl (C=O) groups excluding carboxylic acids is 1. The smallest absolute Gasteiger partial charge is 0.258 e. The molecule has 1 amide bonds. The summed E-state index contributed by atoms with van der Waals surface area (Å²) in [4.78, 5) is 22.9. The molecule has 214 valence electrons. The Balaban J connectivity index is 1.22. The molecule has 2 heterocycles. The Hall–Kier alpha value is -4.56. The summed E-state index contributed by atoms with van der Waals surface area (Å²) in [6.07, 6.45) is 0.366. The lowest BCUT2D eigenvalue weighted by Crippen LogP contribution is -2.44. The minimum atomic E-state index is -0.601. The van der Waals surface area contributed by atoms with Crippen LogP contribution >= 0.6 is 0 Å². The van der Waals surface area contributed by atoms with Gasteiger partial charge < -0.3 is 20.4 Å². The number of aliphatic imine (C=N–C) groups is 1. The molecule has 0 spiro atoms. The molecule has 0 aromatic heterocycles. The van der Waals surface area contributed by atoms with Gasteiger partial charge in [-0.05, 0) is 72.1 Å². The second kappa shape index (κ2) is 12.1. The topological polar surface area (TPSA) is 60.0 Å². The lowest BCUT2D eigenvalue weighted by molar-refractivity contribution is 0.0978. The van der Waals surface area contributed by atoms with Crippen molar-refractivity contribution in [1.82, 2.24) is 10.2 Å². The van der Waals surface area contributed by atoms with E-state index in [1.807, 2.05) is 48.5 Å². The SMILES string of the molecule is CN1CCN(c2ccc(C(=O)NC3=NCc4ccc(Cc5cc(F)cc(F)c5)cc43)c(NCc3ccccc3)c2)CC1. The molecule has 0 bridgehead atoms. The lowest BCUT2D eigenvalue weighted by atomic mass is 9.99. The number of anilines is 2. The number of carbonyl (C=O) groups is 1. The van der Waals surface area contributed by atoms with E-state index in [4.69, 9.17) is 0 Å². The van der Waals surface area contributed by atoms with Crippen molar-refractivity contribution in [3.8, 4) is 0 Å². The molecule has 8 heteroatoms. The van der Waals surface area contributed by atoms with Gasteiger partial charge in [0.15, 0.2) is 0 Å². The van der Waals surface area contributed by atoms with E-state index in [1.54, 1.807) is 0 Å². The predicted molar refractivity (Wildman–Crippen MR) is 163 cm³/mol. The first-order chi connectivity index (χ1) is 20.4. The van der Waals surface area contributed by atoms with Crippen molar-refractivity contribution in [2.45, 2.75) is 19.5 Å². The van der Waals surface area contributed by atoms with Crippen LogP contribution in [-0.2, 0) is 19.5 Å². The summed E-state index contributed by atoms with van der Waals surface area (Å²) >= 11 is 0. The van der Waals surface area contributed by atoms with Crippen LogP contribution in [0.1, 0.15) is 38.2 Å². The highest BCUT2D eigenvalue weighted by atomic mass is 19.1. The maximum atomic E-state index is 13.7. The summed E-state index contributed by atoms with van der Waals surface area (Å²) in [7, 11) is 2.13. The van der Waals surface area contributed by atoms with Gasteiger partial charge in [0.25, 0.3) is 5.91 Å². The van der Waals surface area contributed by atoms with Crippen LogP contribution in [0.3, 0.4) is 0 Å². The number of hydrogen-bond acceptors (Lipinski definition) is 5. The van der Waals surface area contributed by atoms with Crippen LogP contribution in [0.2, 0.25) is 0 Å². The van der Waals surface area contributed by atoms with Gasteiger partial charge in [-0.2, -0.15) is 0 Å². The van der Waals surface area contributed by atoms with E-state index in [0.29, 0.717) is 36.5 Å². The van der Waals surface area contributed by atoms with Crippen molar-refractivity contribution in [2.24, 2.45) is 4.99 Å². The minimum Gasteiger partial charge on any atom is -0.380 e. The molecule has 2 aliphatic heterocycles. The van der Waals surface area contributed by atoms with Gasteiger partial charge in [-0.15, -0.1) is 0 Å². The summed E-state index contributed by atoms with van der Waals surface area (Å²) in [5.74, 6) is -0.953. The summed E-state index contributed by atoms with van der Waals surface area (Å²) in [6, 6.07) is 25.4. The van der Waals surface area contributed by atoms with Crippen molar-refractivity contribution in [3.63, 3.8) is 0 Å². The summed E-state index contributed by atoms with van der Waals surface area (Å²) in [6.45, 7) is 4.88. The highest BCUT2D eigenvalue weighted by molar-refractivity contribution is 6.15. The van der Waals surface area contributed by atoms with Gasteiger partial charge in [0.2, 0.25) is 0 Å². The molecule has 6 nitrogen and oxygen atoms in total. The van der Waals surface area contributed by atoms with Crippen LogP contribution in [0.15, 0.2) is 89.9 Å². The average Bonchev–Trinajstić information content (AvgIpc) is 3.38. The monoisotopic (exact) mass is 565 g/mol. The molecular formula is C34H33F2N5O. The third-order valence-electron chi connectivity index (χ3n) is 7.84. The van der Waals surface area contributed by atoms with Gasteiger partial charge in [-0.1, -0.05) is 42.5 Å². The molecular weight excluding hydrogens is 532 g/mol. The molecule has 42 heavy (non-hydrogen) atoms. The van der Waals surface area contributed by atoms with Crippen molar-refractivity contribution < 1.29 is 13.6 Å². The molecule has 1 saturated heterocycles. The summed E-state index contributed by atoms with van der Waals surface area (Å²) < 4.78 is 27.5. The number of nitrogens with zero attached hydrogens (tertiary/aromatic N) is 3. The number of rotatable bonds is 7. The number of amides is 1. The fraction of sp³-hybridized carbons (Fsp3) is 0.235. The second-order valence-corrected chi connectivity index (χ2v) is 10.9. The van der Waals surface area contributed by atoms with Crippen molar-refractivity contribution in [2.75, 3.05) is 43.4 Å². The Morgan fingerprint density at radius 3 is 2.36 bits per heavy atom. The second-order valence-electron chi connectivity index (χ2n) is 10.9. The van der Waals surface area contributed by atoms with Crippen LogP contribution < -0.4 is 15.5 Å². The van der Waals surface area contributed by atoms with E-state index in [9.17, 15) is 13.6 Å². The quantitative estimate of drug-likeness (QED) is 0.306. The van der Waals surface area contributed by atoms with Gasteiger partial charge in [-0.25, -0.2) is 8.78 Å². The van der Waals surface area contributed by atoms with E-state index in [1.165, 1.54) is 12.1 Å². The first-order valence-corrected chi connectivity index (χ1v) is 14.2. The molecule has 4 aromatic rings. The maximum Gasteiger partial charge on any atom is 0.258 e.